The number of pyridine rings is 1. The molecule has 1 aromatic carbocycles. The molecule has 0 radical (unpaired) electrons. The summed E-state index contributed by atoms with van der Waals surface area (Å²) in [5.74, 6) is 0.180. The molecule has 1 unspecified atom stereocenters. The predicted octanol–water partition coefficient (Wildman–Crippen LogP) is 3.46. The van der Waals surface area contributed by atoms with Gasteiger partial charge in [-0.2, -0.15) is 0 Å². The van der Waals surface area contributed by atoms with Crippen molar-refractivity contribution in [2.75, 3.05) is 20.1 Å². The molecule has 2 aromatic rings. The van der Waals surface area contributed by atoms with E-state index in [0.717, 1.165) is 11.1 Å². The molecule has 1 N–H and O–H groups in total. The fourth-order valence-electron chi connectivity index (χ4n) is 4.78. The molecule has 2 aliphatic heterocycles. The minimum Gasteiger partial charge on any atom is -0.337 e. The average molecular weight is 393 g/mol. The van der Waals surface area contributed by atoms with Gasteiger partial charge >= 0.3 is 6.03 Å². The van der Waals surface area contributed by atoms with Crippen LogP contribution in [-0.2, 0) is 4.79 Å². The minimum absolute atomic E-state index is 0.0420. The van der Waals surface area contributed by atoms with Gasteiger partial charge in [0.05, 0.1) is 17.5 Å². The number of nitrogens with one attached hydrogen (secondary N) is 1. The van der Waals surface area contributed by atoms with Crippen molar-refractivity contribution in [3.05, 3.63) is 65.5 Å². The molecule has 2 saturated heterocycles. The van der Waals surface area contributed by atoms with Crippen LogP contribution in [0.3, 0.4) is 0 Å². The van der Waals surface area contributed by atoms with Crippen molar-refractivity contribution in [3.8, 4) is 0 Å². The molecule has 0 aliphatic carbocycles. The summed E-state index contributed by atoms with van der Waals surface area (Å²) in [7, 11) is 1.85. The van der Waals surface area contributed by atoms with E-state index in [-0.39, 0.29) is 24.0 Å². The fourth-order valence-corrected chi connectivity index (χ4v) is 4.78. The van der Waals surface area contributed by atoms with E-state index < -0.39 is 5.41 Å². The third kappa shape index (κ3) is 3.37. The van der Waals surface area contributed by atoms with Crippen LogP contribution >= 0.6 is 0 Å². The number of rotatable bonds is 3. The second-order valence-corrected chi connectivity index (χ2v) is 8.33. The first kappa shape index (κ1) is 19.4. The molecule has 1 aromatic heterocycles. The van der Waals surface area contributed by atoms with Crippen LogP contribution in [0.2, 0.25) is 0 Å². The molecule has 2 atom stereocenters. The molecule has 2 fully saturated rings. The van der Waals surface area contributed by atoms with Gasteiger partial charge in [-0.15, -0.1) is 0 Å². The Labute approximate surface area is 171 Å². The van der Waals surface area contributed by atoms with E-state index >= 15 is 0 Å². The molecule has 6 heteroatoms. The maximum Gasteiger partial charge on any atom is 0.317 e. The molecular formula is C23H28N4O2. The number of amides is 3. The van der Waals surface area contributed by atoms with E-state index in [1.807, 2.05) is 54.2 Å². The van der Waals surface area contributed by atoms with Crippen molar-refractivity contribution in [1.82, 2.24) is 20.1 Å². The normalized spacial score (nSPS) is 21.6. The zero-order valence-electron chi connectivity index (χ0n) is 17.3. The summed E-state index contributed by atoms with van der Waals surface area (Å²) in [4.78, 5) is 33.4. The van der Waals surface area contributed by atoms with Gasteiger partial charge in [-0.25, -0.2) is 4.79 Å². The lowest BCUT2D eigenvalue weighted by molar-refractivity contribution is -0.175. The lowest BCUT2D eigenvalue weighted by Crippen LogP contribution is -2.65. The number of hydrogen-bond donors (Lipinski definition) is 1. The number of aryl methyl sites for hydroxylation is 1. The molecule has 3 heterocycles. The first-order valence-corrected chi connectivity index (χ1v) is 10.2. The van der Waals surface area contributed by atoms with Gasteiger partial charge in [-0.05, 0) is 43.9 Å². The molecule has 29 heavy (non-hydrogen) atoms. The van der Waals surface area contributed by atoms with Crippen molar-refractivity contribution in [2.24, 2.45) is 5.41 Å². The molecule has 1 spiro atoms. The van der Waals surface area contributed by atoms with Crippen LogP contribution < -0.4 is 5.32 Å². The SMILES string of the molecule is Cc1ccc([C@@H](C)NC(=O)N2CCC3(CC2)C(=O)N(C)C3c2cccnc2)cc1. The largest absolute Gasteiger partial charge is 0.337 e. The van der Waals surface area contributed by atoms with Crippen molar-refractivity contribution in [2.45, 2.75) is 38.8 Å². The summed E-state index contributed by atoms with van der Waals surface area (Å²) in [6, 6.07) is 12.1. The quantitative estimate of drug-likeness (QED) is 0.814. The summed E-state index contributed by atoms with van der Waals surface area (Å²) in [6.07, 6.45) is 4.96. The van der Waals surface area contributed by atoms with E-state index in [0.29, 0.717) is 25.9 Å². The highest BCUT2D eigenvalue weighted by molar-refractivity contribution is 5.91. The Bertz CT molecular complexity index is 889. The van der Waals surface area contributed by atoms with E-state index in [1.54, 1.807) is 6.20 Å². The molecule has 0 saturated carbocycles. The van der Waals surface area contributed by atoms with E-state index in [1.165, 1.54) is 5.56 Å². The van der Waals surface area contributed by atoms with Gasteiger partial charge in [-0.1, -0.05) is 35.9 Å². The Balaban J connectivity index is 1.40. The molecule has 3 amide bonds. The Kier molecular flexibility index (Phi) is 5.03. The van der Waals surface area contributed by atoms with E-state index in [9.17, 15) is 9.59 Å². The molecule has 6 nitrogen and oxygen atoms in total. The van der Waals surface area contributed by atoms with E-state index in [4.69, 9.17) is 0 Å². The smallest absolute Gasteiger partial charge is 0.317 e. The number of piperidine rings is 1. The van der Waals surface area contributed by atoms with Crippen LogP contribution in [0.4, 0.5) is 4.79 Å². The number of carbonyl (C=O) groups excluding carboxylic acids is 2. The highest BCUT2D eigenvalue weighted by Gasteiger charge is 2.60. The van der Waals surface area contributed by atoms with Crippen molar-refractivity contribution in [1.29, 1.82) is 0 Å². The maximum atomic E-state index is 12.8. The van der Waals surface area contributed by atoms with Gasteiger partial charge < -0.3 is 15.1 Å². The number of likely N-dealkylation sites (tertiary alicyclic amines) is 2. The number of benzene rings is 1. The highest BCUT2D eigenvalue weighted by Crippen LogP contribution is 2.55. The number of hydrogen-bond acceptors (Lipinski definition) is 3. The topological polar surface area (TPSA) is 65.5 Å². The van der Waals surface area contributed by atoms with Crippen LogP contribution in [0.25, 0.3) is 0 Å². The van der Waals surface area contributed by atoms with Crippen LogP contribution in [0.5, 0.6) is 0 Å². The second-order valence-electron chi connectivity index (χ2n) is 8.33. The van der Waals surface area contributed by atoms with E-state index in [2.05, 4.69) is 29.4 Å². The van der Waals surface area contributed by atoms with Crippen molar-refractivity contribution in [3.63, 3.8) is 0 Å². The Hall–Kier alpha value is -2.89. The Morgan fingerprint density at radius 2 is 1.90 bits per heavy atom. The Morgan fingerprint density at radius 3 is 2.52 bits per heavy atom. The summed E-state index contributed by atoms with van der Waals surface area (Å²) < 4.78 is 0. The van der Waals surface area contributed by atoms with Crippen LogP contribution in [0.1, 0.15) is 48.5 Å². The van der Waals surface area contributed by atoms with Gasteiger partial charge in [-0.3, -0.25) is 9.78 Å². The Morgan fingerprint density at radius 1 is 1.21 bits per heavy atom. The molecule has 4 rings (SSSR count). The summed E-state index contributed by atoms with van der Waals surface area (Å²) >= 11 is 0. The number of nitrogens with zero attached hydrogens (tertiary/aromatic N) is 3. The first-order chi connectivity index (χ1) is 13.9. The van der Waals surface area contributed by atoms with Crippen molar-refractivity contribution < 1.29 is 9.59 Å². The van der Waals surface area contributed by atoms with Gasteiger partial charge in [0, 0.05) is 32.5 Å². The van der Waals surface area contributed by atoms with Crippen LogP contribution in [0.15, 0.2) is 48.8 Å². The highest BCUT2D eigenvalue weighted by atomic mass is 16.2. The first-order valence-electron chi connectivity index (χ1n) is 10.2. The fraction of sp³-hybridized carbons (Fsp3) is 0.435. The maximum absolute atomic E-state index is 12.8. The summed E-state index contributed by atoms with van der Waals surface area (Å²) in [6.45, 7) is 5.22. The zero-order valence-corrected chi connectivity index (χ0v) is 17.3. The minimum atomic E-state index is -0.406. The molecule has 2 aliphatic rings. The van der Waals surface area contributed by atoms with Gasteiger partial charge in [0.1, 0.15) is 0 Å². The monoisotopic (exact) mass is 392 g/mol. The third-order valence-electron chi connectivity index (χ3n) is 6.52. The lowest BCUT2D eigenvalue weighted by atomic mass is 9.63. The standard InChI is InChI=1S/C23H28N4O2/c1-16-6-8-18(9-7-16)17(2)25-22(29)27-13-10-23(11-14-27)20(26(3)21(23)28)19-5-4-12-24-15-19/h4-9,12,15,17,20H,10-11,13-14H2,1-3H3,(H,25,29)/t17-,20?/m1/s1. The molecule has 152 valence electrons. The number of carbonyl (C=O) groups is 2. The average Bonchev–Trinajstić information content (AvgIpc) is 2.75. The molecular weight excluding hydrogens is 364 g/mol. The summed E-state index contributed by atoms with van der Waals surface area (Å²) in [5, 5.41) is 3.09. The number of urea groups is 1. The number of β-lactam (4-membered cyclic amide) rings is 1. The molecule has 0 bridgehead atoms. The number of aromatic nitrogens is 1. The summed E-state index contributed by atoms with van der Waals surface area (Å²) in [5.41, 5.74) is 2.95. The van der Waals surface area contributed by atoms with Crippen molar-refractivity contribution >= 4 is 11.9 Å². The predicted molar refractivity (Wildman–Crippen MR) is 111 cm³/mol. The lowest BCUT2D eigenvalue weighted by Gasteiger charge is -2.57. The van der Waals surface area contributed by atoms with Gasteiger partial charge in [0.15, 0.2) is 0 Å². The third-order valence-corrected chi connectivity index (χ3v) is 6.52. The van der Waals surface area contributed by atoms with Gasteiger partial charge in [0.25, 0.3) is 0 Å². The second kappa shape index (κ2) is 7.50. The van der Waals surface area contributed by atoms with Crippen LogP contribution in [-0.4, -0.2) is 46.9 Å². The van der Waals surface area contributed by atoms with Crippen LogP contribution in [0, 0.1) is 12.3 Å². The van der Waals surface area contributed by atoms with Gasteiger partial charge in [0.2, 0.25) is 5.91 Å². The zero-order chi connectivity index (χ0) is 20.6.